The van der Waals surface area contributed by atoms with Crippen LogP contribution in [0.5, 0.6) is 11.5 Å². The van der Waals surface area contributed by atoms with E-state index >= 15 is 0 Å². The van der Waals surface area contributed by atoms with Gasteiger partial charge in [0.2, 0.25) is 5.91 Å². The van der Waals surface area contributed by atoms with E-state index in [1.165, 1.54) is 14.2 Å². The molecule has 0 aliphatic carbocycles. The molecule has 1 unspecified atom stereocenters. The van der Waals surface area contributed by atoms with Crippen molar-refractivity contribution in [1.29, 1.82) is 0 Å². The summed E-state index contributed by atoms with van der Waals surface area (Å²) in [6.45, 7) is 2.83. The molecule has 126 valence electrons. The van der Waals surface area contributed by atoms with Crippen molar-refractivity contribution in [2.45, 2.75) is 32.2 Å². The molecule has 0 bridgehead atoms. The monoisotopic (exact) mass is 320 g/mol. The first-order chi connectivity index (χ1) is 11.1. The van der Waals surface area contributed by atoms with Crippen molar-refractivity contribution in [3.63, 3.8) is 0 Å². The fourth-order valence-corrected chi connectivity index (χ4v) is 2.81. The molecule has 1 heterocycles. The average molecular weight is 320 g/mol. The van der Waals surface area contributed by atoms with Crippen LogP contribution in [0, 0.1) is 0 Å². The van der Waals surface area contributed by atoms with Crippen LogP contribution in [0.3, 0.4) is 0 Å². The molecule has 1 aliphatic rings. The van der Waals surface area contributed by atoms with E-state index in [1.807, 2.05) is 11.8 Å². The second-order valence-electron chi connectivity index (χ2n) is 5.68. The third-order valence-corrected chi connectivity index (χ3v) is 4.17. The Kier molecular flexibility index (Phi) is 5.84. The third-order valence-electron chi connectivity index (χ3n) is 4.17. The lowest BCUT2D eigenvalue weighted by Gasteiger charge is -2.33. The zero-order valence-electron chi connectivity index (χ0n) is 13.9. The lowest BCUT2D eigenvalue weighted by atomic mass is 10.0. The van der Waals surface area contributed by atoms with Gasteiger partial charge in [-0.15, -0.1) is 0 Å². The summed E-state index contributed by atoms with van der Waals surface area (Å²) < 4.78 is 10.3. The van der Waals surface area contributed by atoms with Gasteiger partial charge in [0.1, 0.15) is 0 Å². The van der Waals surface area contributed by atoms with Crippen LogP contribution in [0.2, 0.25) is 0 Å². The summed E-state index contributed by atoms with van der Waals surface area (Å²) in [5.74, 6) is 0.702. The zero-order valence-corrected chi connectivity index (χ0v) is 13.9. The highest BCUT2D eigenvalue weighted by Crippen LogP contribution is 2.27. The van der Waals surface area contributed by atoms with E-state index in [1.54, 1.807) is 18.2 Å². The van der Waals surface area contributed by atoms with E-state index in [4.69, 9.17) is 9.47 Å². The molecule has 1 N–H and O–H groups in total. The predicted octanol–water partition coefficient (Wildman–Crippen LogP) is 1.83. The molecule has 1 atom stereocenters. The Balaban J connectivity index is 1.95. The first-order valence-electron chi connectivity index (χ1n) is 7.86. The minimum atomic E-state index is -0.302. The Morgan fingerprint density at radius 3 is 2.61 bits per heavy atom. The van der Waals surface area contributed by atoms with E-state index in [-0.39, 0.29) is 24.4 Å². The maximum atomic E-state index is 12.2. The Labute approximate surface area is 136 Å². The summed E-state index contributed by atoms with van der Waals surface area (Å²) in [4.78, 5) is 26.3. The summed E-state index contributed by atoms with van der Waals surface area (Å²) >= 11 is 0. The number of likely N-dealkylation sites (tertiary alicyclic amines) is 1. The Morgan fingerprint density at radius 1 is 1.22 bits per heavy atom. The van der Waals surface area contributed by atoms with Crippen LogP contribution >= 0.6 is 0 Å². The lowest BCUT2D eigenvalue weighted by Crippen LogP contribution is -2.46. The van der Waals surface area contributed by atoms with Gasteiger partial charge in [0.25, 0.3) is 5.91 Å². The van der Waals surface area contributed by atoms with Crippen molar-refractivity contribution < 1.29 is 19.1 Å². The minimum Gasteiger partial charge on any atom is -0.493 e. The van der Waals surface area contributed by atoms with Crippen LogP contribution in [0.4, 0.5) is 0 Å². The second kappa shape index (κ2) is 7.85. The summed E-state index contributed by atoms with van der Waals surface area (Å²) in [5.41, 5.74) is 0.433. The third kappa shape index (κ3) is 4.15. The van der Waals surface area contributed by atoms with E-state index in [9.17, 15) is 9.59 Å². The highest BCUT2D eigenvalue weighted by atomic mass is 16.5. The molecule has 1 aliphatic heterocycles. The normalized spacial score (nSPS) is 17.5. The number of nitrogens with zero attached hydrogens (tertiary/aromatic N) is 1. The zero-order chi connectivity index (χ0) is 16.8. The molecule has 6 nitrogen and oxygen atoms in total. The predicted molar refractivity (Wildman–Crippen MR) is 86.9 cm³/mol. The molecule has 0 radical (unpaired) electrons. The molecular weight excluding hydrogens is 296 g/mol. The van der Waals surface area contributed by atoms with Gasteiger partial charge in [-0.05, 0) is 44.4 Å². The number of benzene rings is 1. The Bertz CT molecular complexity index is 574. The lowest BCUT2D eigenvalue weighted by molar-refractivity contribution is -0.133. The van der Waals surface area contributed by atoms with Gasteiger partial charge in [-0.1, -0.05) is 0 Å². The number of methoxy groups -OCH3 is 2. The van der Waals surface area contributed by atoms with Gasteiger partial charge < -0.3 is 19.7 Å². The Hall–Kier alpha value is -2.24. The highest BCUT2D eigenvalue weighted by molar-refractivity contribution is 5.97. The van der Waals surface area contributed by atoms with Gasteiger partial charge >= 0.3 is 0 Å². The number of hydrogen-bond donors (Lipinski definition) is 1. The fourth-order valence-electron chi connectivity index (χ4n) is 2.81. The van der Waals surface area contributed by atoms with Crippen LogP contribution in [-0.2, 0) is 4.79 Å². The van der Waals surface area contributed by atoms with Gasteiger partial charge in [-0.2, -0.15) is 0 Å². The van der Waals surface area contributed by atoms with E-state index in [0.29, 0.717) is 17.1 Å². The molecule has 2 amide bonds. The van der Waals surface area contributed by atoms with E-state index < -0.39 is 0 Å². The minimum absolute atomic E-state index is 0.0114. The maximum Gasteiger partial charge on any atom is 0.251 e. The van der Waals surface area contributed by atoms with Gasteiger partial charge in [0, 0.05) is 18.2 Å². The highest BCUT2D eigenvalue weighted by Gasteiger charge is 2.23. The molecule has 0 spiro atoms. The number of rotatable bonds is 5. The summed E-state index contributed by atoms with van der Waals surface area (Å²) in [7, 11) is 3.05. The largest absolute Gasteiger partial charge is 0.493 e. The maximum absolute atomic E-state index is 12.2. The van der Waals surface area contributed by atoms with Crippen molar-refractivity contribution in [2.24, 2.45) is 0 Å². The van der Waals surface area contributed by atoms with Crippen LogP contribution in [-0.4, -0.2) is 50.1 Å². The SMILES string of the molecule is COc1ccc(C(=O)NCC(=O)N2CCCCC2C)cc1OC. The van der Waals surface area contributed by atoms with Crippen molar-refractivity contribution in [3.05, 3.63) is 23.8 Å². The van der Waals surface area contributed by atoms with Gasteiger partial charge in [-0.25, -0.2) is 0 Å². The molecule has 1 saturated heterocycles. The molecule has 0 aromatic heterocycles. The molecule has 0 saturated carbocycles. The average Bonchev–Trinajstić information content (AvgIpc) is 2.59. The van der Waals surface area contributed by atoms with Gasteiger partial charge in [0.05, 0.1) is 20.8 Å². The fraction of sp³-hybridized carbons (Fsp3) is 0.529. The standard InChI is InChI=1S/C17H24N2O4/c1-12-6-4-5-9-19(12)16(20)11-18-17(21)13-7-8-14(22-2)15(10-13)23-3/h7-8,10,12H,4-6,9,11H2,1-3H3,(H,18,21). The van der Waals surface area contributed by atoms with Crippen LogP contribution in [0.1, 0.15) is 36.5 Å². The molecule has 1 fully saturated rings. The van der Waals surface area contributed by atoms with Crippen LogP contribution < -0.4 is 14.8 Å². The number of carbonyl (C=O) groups excluding carboxylic acids is 2. The molecule has 1 aromatic carbocycles. The number of amides is 2. The van der Waals surface area contributed by atoms with Crippen LogP contribution in [0.25, 0.3) is 0 Å². The van der Waals surface area contributed by atoms with Crippen molar-refractivity contribution >= 4 is 11.8 Å². The molecule has 6 heteroatoms. The smallest absolute Gasteiger partial charge is 0.251 e. The molecule has 1 aromatic rings. The first kappa shape index (κ1) is 17.1. The summed E-state index contributed by atoms with van der Waals surface area (Å²) in [5, 5.41) is 2.68. The molecule has 2 rings (SSSR count). The number of piperidine rings is 1. The van der Waals surface area contributed by atoms with E-state index in [0.717, 1.165) is 25.8 Å². The summed E-state index contributed by atoms with van der Waals surface area (Å²) in [6.07, 6.45) is 3.21. The van der Waals surface area contributed by atoms with Crippen molar-refractivity contribution in [3.8, 4) is 11.5 Å². The second-order valence-corrected chi connectivity index (χ2v) is 5.68. The van der Waals surface area contributed by atoms with Gasteiger partial charge in [-0.3, -0.25) is 9.59 Å². The summed E-state index contributed by atoms with van der Waals surface area (Å²) in [6, 6.07) is 5.16. The number of carbonyl (C=O) groups is 2. The Morgan fingerprint density at radius 2 is 1.96 bits per heavy atom. The van der Waals surface area contributed by atoms with Crippen LogP contribution in [0.15, 0.2) is 18.2 Å². The number of nitrogens with one attached hydrogen (secondary N) is 1. The molecule has 23 heavy (non-hydrogen) atoms. The van der Waals surface area contributed by atoms with E-state index in [2.05, 4.69) is 5.32 Å². The first-order valence-corrected chi connectivity index (χ1v) is 7.86. The van der Waals surface area contributed by atoms with Gasteiger partial charge in [0.15, 0.2) is 11.5 Å². The van der Waals surface area contributed by atoms with Crippen molar-refractivity contribution in [2.75, 3.05) is 27.3 Å². The molecular formula is C17H24N2O4. The topological polar surface area (TPSA) is 67.9 Å². The quantitative estimate of drug-likeness (QED) is 0.899. The number of hydrogen-bond acceptors (Lipinski definition) is 4. The van der Waals surface area contributed by atoms with Crippen molar-refractivity contribution in [1.82, 2.24) is 10.2 Å². The number of ether oxygens (including phenoxy) is 2.